The zero-order valence-electron chi connectivity index (χ0n) is 22.2. The number of phosphoric ester groups is 2. The average Bonchev–Trinajstić information content (AvgIpc) is 3.72. The number of nitrogens with two attached hydrogens (primary N) is 1. The van der Waals surface area contributed by atoms with Crippen LogP contribution in [-0.4, -0.2) is 98.9 Å². The molecular formula is C22H25N7O13P2. The summed E-state index contributed by atoms with van der Waals surface area (Å²) in [5.41, 5.74) is 5.87. The van der Waals surface area contributed by atoms with E-state index in [0.717, 1.165) is 10.9 Å². The van der Waals surface area contributed by atoms with Gasteiger partial charge in [0.25, 0.3) is 5.56 Å². The minimum Gasteiger partial charge on any atom is -0.386 e. The number of aromatic nitrogens is 6. The molecule has 3 aromatic heterocycles. The SMILES string of the molecule is Nc1nc2c(ncn2[C@@H]2O[C@@H]3COP(=O)(O)OC4C(O)[C@H](n5cnc6ccccc65)O[C@@H]4COP(=O)(O)OC3C2O)c(=O)[nH]1. The highest BCUT2D eigenvalue weighted by Crippen LogP contribution is 2.53. The Kier molecular flexibility index (Phi) is 7.24. The fourth-order valence-corrected chi connectivity index (χ4v) is 7.37. The second-order valence-electron chi connectivity index (χ2n) is 10.2. The Morgan fingerprint density at radius 2 is 1.45 bits per heavy atom. The van der Waals surface area contributed by atoms with Gasteiger partial charge < -0.3 is 39.8 Å². The Labute approximate surface area is 245 Å². The first-order valence-electron chi connectivity index (χ1n) is 13.0. The van der Waals surface area contributed by atoms with Crippen molar-refractivity contribution in [2.75, 3.05) is 18.9 Å². The van der Waals surface area contributed by atoms with E-state index in [2.05, 4.69) is 19.9 Å². The maximum Gasteiger partial charge on any atom is 0.472 e. The normalized spacial score (nSPS) is 38.3. The number of rotatable bonds is 2. The molecule has 0 radical (unpaired) electrons. The molecular weight excluding hydrogens is 632 g/mol. The van der Waals surface area contributed by atoms with Crippen LogP contribution in [0, 0.1) is 0 Å². The number of fused-ring (bicyclic) bond motifs is 4. The van der Waals surface area contributed by atoms with Gasteiger partial charge in [0.1, 0.15) is 36.6 Å². The molecule has 7 rings (SSSR count). The minimum atomic E-state index is -5.01. The maximum atomic E-state index is 13.1. The number of nitrogen functional groups attached to an aromatic ring is 1. The summed E-state index contributed by atoms with van der Waals surface area (Å²) in [6.45, 7) is -1.56. The number of aliphatic hydroxyl groups excluding tert-OH is 2. The third kappa shape index (κ3) is 5.18. The van der Waals surface area contributed by atoms with Gasteiger partial charge in [0, 0.05) is 0 Å². The molecule has 236 valence electrons. The van der Waals surface area contributed by atoms with Crippen molar-refractivity contribution < 1.29 is 56.7 Å². The van der Waals surface area contributed by atoms with E-state index in [-0.39, 0.29) is 17.1 Å². The monoisotopic (exact) mass is 657 g/mol. The molecule has 20 nitrogen and oxygen atoms in total. The van der Waals surface area contributed by atoms with Gasteiger partial charge in [-0.25, -0.2) is 19.1 Å². The smallest absolute Gasteiger partial charge is 0.386 e. The molecule has 10 atom stereocenters. The van der Waals surface area contributed by atoms with Crippen molar-refractivity contribution in [3.8, 4) is 0 Å². The van der Waals surface area contributed by atoms with Crippen molar-refractivity contribution in [3.63, 3.8) is 0 Å². The first-order valence-corrected chi connectivity index (χ1v) is 16.0. The topological polar surface area (TPSA) is 278 Å². The molecule has 0 aliphatic carbocycles. The number of para-hydroxylation sites is 2. The number of H-pyrrole nitrogens is 1. The Morgan fingerprint density at radius 1 is 0.886 bits per heavy atom. The van der Waals surface area contributed by atoms with Crippen LogP contribution in [0.15, 0.2) is 41.7 Å². The molecule has 3 fully saturated rings. The Morgan fingerprint density at radius 3 is 2.09 bits per heavy atom. The van der Waals surface area contributed by atoms with E-state index in [1.54, 1.807) is 24.3 Å². The standard InChI is InChI=1S/C22H25N7O13P2/c23-22-26-18-13(19(32)27-22)25-8-29(18)21-15(31)17-12(40-21)6-38-43(33,34)41-16-11(5-37-44(35,36)42-17)39-20(14(16)30)28-7-24-9-3-1-2-4-10(9)28/h1-4,7-8,11-12,14-17,20-21,30-31H,5-6H2,(H,33,34)(H,35,36)(H3,23,26,27,32)/t11-,12-,14?,15?,16?,17?,20-,21-/m1/s1. The van der Waals surface area contributed by atoms with Crippen LogP contribution in [0.1, 0.15) is 12.5 Å². The molecule has 44 heavy (non-hydrogen) atoms. The summed E-state index contributed by atoms with van der Waals surface area (Å²) in [6.07, 6.45) is -9.57. The summed E-state index contributed by atoms with van der Waals surface area (Å²) in [5.74, 6) is -0.257. The van der Waals surface area contributed by atoms with Gasteiger partial charge in [0.2, 0.25) is 5.95 Å². The number of aliphatic hydroxyl groups is 2. The largest absolute Gasteiger partial charge is 0.472 e. The highest BCUT2D eigenvalue weighted by atomic mass is 31.2. The first-order chi connectivity index (χ1) is 20.9. The van der Waals surface area contributed by atoms with Gasteiger partial charge in [-0.3, -0.25) is 32.4 Å². The number of aromatic amines is 1. The van der Waals surface area contributed by atoms with Crippen molar-refractivity contribution in [2.24, 2.45) is 0 Å². The molecule has 0 amide bonds. The number of benzene rings is 1. The third-order valence-corrected chi connectivity index (χ3v) is 9.38. The fraction of sp³-hybridized carbons (Fsp3) is 0.455. The van der Waals surface area contributed by atoms with E-state index in [1.807, 2.05) is 0 Å². The molecule has 6 heterocycles. The summed E-state index contributed by atoms with van der Waals surface area (Å²) >= 11 is 0. The summed E-state index contributed by atoms with van der Waals surface area (Å²) in [4.78, 5) is 47.9. The molecule has 0 bridgehead atoms. The molecule has 0 spiro atoms. The summed E-state index contributed by atoms with van der Waals surface area (Å²) in [6, 6.07) is 6.94. The van der Waals surface area contributed by atoms with Crippen LogP contribution < -0.4 is 11.3 Å². The highest BCUT2D eigenvalue weighted by Gasteiger charge is 2.53. The first kappa shape index (κ1) is 29.6. The van der Waals surface area contributed by atoms with Crippen LogP contribution in [0.4, 0.5) is 5.95 Å². The number of anilines is 1. The molecule has 6 unspecified atom stereocenters. The van der Waals surface area contributed by atoms with Crippen LogP contribution in [0.3, 0.4) is 0 Å². The molecule has 1 aromatic carbocycles. The number of nitrogens with one attached hydrogen (secondary N) is 1. The van der Waals surface area contributed by atoms with E-state index in [1.165, 1.54) is 10.9 Å². The van der Waals surface area contributed by atoms with Gasteiger partial charge in [-0.2, -0.15) is 4.98 Å². The van der Waals surface area contributed by atoms with Crippen molar-refractivity contribution in [1.29, 1.82) is 0 Å². The minimum absolute atomic E-state index is 0.0904. The number of ether oxygens (including phenoxy) is 2. The van der Waals surface area contributed by atoms with Crippen molar-refractivity contribution in [1.82, 2.24) is 29.1 Å². The zero-order chi connectivity index (χ0) is 31.0. The Hall–Kier alpha value is -3.10. The average molecular weight is 657 g/mol. The van der Waals surface area contributed by atoms with Crippen molar-refractivity contribution in [2.45, 2.75) is 49.1 Å². The lowest BCUT2D eigenvalue weighted by molar-refractivity contribution is -0.0663. The number of hydrogen-bond acceptors (Lipinski definition) is 15. The van der Waals surface area contributed by atoms with E-state index in [9.17, 15) is 33.9 Å². The predicted molar refractivity (Wildman–Crippen MR) is 143 cm³/mol. The van der Waals surface area contributed by atoms with Crippen LogP contribution in [0.25, 0.3) is 22.2 Å². The molecule has 0 saturated carbocycles. The number of hydrogen-bond donors (Lipinski definition) is 6. The lowest BCUT2D eigenvalue weighted by Crippen LogP contribution is -2.39. The Bertz CT molecular complexity index is 1880. The molecule has 7 N–H and O–H groups in total. The summed E-state index contributed by atoms with van der Waals surface area (Å²) in [5, 5.41) is 22.2. The van der Waals surface area contributed by atoms with Gasteiger partial charge in [0.15, 0.2) is 23.6 Å². The maximum absolute atomic E-state index is 13.1. The summed E-state index contributed by atoms with van der Waals surface area (Å²) in [7, 11) is -10.0. The quantitative estimate of drug-likeness (QED) is 0.145. The zero-order valence-corrected chi connectivity index (χ0v) is 24.0. The number of imidazole rings is 2. The molecule has 4 aromatic rings. The fourth-order valence-electron chi connectivity index (χ4n) is 5.44. The van der Waals surface area contributed by atoms with Crippen LogP contribution >= 0.6 is 15.6 Å². The van der Waals surface area contributed by atoms with Gasteiger partial charge in [-0.05, 0) is 12.1 Å². The molecule has 3 saturated heterocycles. The van der Waals surface area contributed by atoms with Crippen molar-refractivity contribution >= 4 is 43.8 Å². The summed E-state index contributed by atoms with van der Waals surface area (Å²) < 4.78 is 61.3. The van der Waals surface area contributed by atoms with E-state index >= 15 is 0 Å². The van der Waals surface area contributed by atoms with E-state index < -0.39 is 83.5 Å². The number of nitrogens with zero attached hydrogens (tertiary/aromatic N) is 5. The van der Waals surface area contributed by atoms with Gasteiger partial charge in [-0.15, -0.1) is 0 Å². The predicted octanol–water partition coefficient (Wildman–Crippen LogP) is -0.714. The lowest BCUT2D eigenvalue weighted by atomic mass is 10.1. The molecule has 3 aliphatic rings. The van der Waals surface area contributed by atoms with E-state index in [4.69, 9.17) is 33.3 Å². The van der Waals surface area contributed by atoms with Gasteiger partial charge in [-0.1, -0.05) is 12.1 Å². The van der Waals surface area contributed by atoms with Crippen LogP contribution in [-0.2, 0) is 36.7 Å². The number of phosphoric acid groups is 2. The highest BCUT2D eigenvalue weighted by molar-refractivity contribution is 7.47. The van der Waals surface area contributed by atoms with Gasteiger partial charge in [0.05, 0.1) is 36.9 Å². The van der Waals surface area contributed by atoms with Crippen molar-refractivity contribution in [3.05, 3.63) is 47.3 Å². The molecule has 22 heteroatoms. The third-order valence-electron chi connectivity index (χ3n) is 7.41. The molecule has 3 aliphatic heterocycles. The second-order valence-corrected chi connectivity index (χ2v) is 13.0. The second kappa shape index (κ2) is 10.8. The van der Waals surface area contributed by atoms with E-state index in [0.29, 0.717) is 11.0 Å². The van der Waals surface area contributed by atoms with Crippen LogP contribution in [0.2, 0.25) is 0 Å². The van der Waals surface area contributed by atoms with Crippen LogP contribution in [0.5, 0.6) is 0 Å². The Balaban J connectivity index is 1.17. The van der Waals surface area contributed by atoms with Gasteiger partial charge >= 0.3 is 15.6 Å². The lowest BCUT2D eigenvalue weighted by Gasteiger charge is -2.27.